The van der Waals surface area contributed by atoms with Gasteiger partial charge in [0.05, 0.1) is 12.2 Å². The summed E-state index contributed by atoms with van der Waals surface area (Å²) in [6, 6.07) is 22.7. The van der Waals surface area contributed by atoms with E-state index in [2.05, 4.69) is 5.32 Å². The molecule has 32 heavy (non-hydrogen) atoms. The summed E-state index contributed by atoms with van der Waals surface area (Å²) in [7, 11) is 0. The molecule has 2 aliphatic rings. The number of benzene rings is 3. The van der Waals surface area contributed by atoms with E-state index in [0.29, 0.717) is 29.6 Å². The van der Waals surface area contributed by atoms with Crippen molar-refractivity contribution < 1.29 is 9.59 Å². The van der Waals surface area contributed by atoms with Gasteiger partial charge < -0.3 is 10.2 Å². The highest BCUT2D eigenvalue weighted by Gasteiger charge is 2.59. The minimum absolute atomic E-state index is 0.0734. The van der Waals surface area contributed by atoms with Crippen LogP contribution in [0.4, 0.5) is 16.2 Å². The van der Waals surface area contributed by atoms with Gasteiger partial charge >= 0.3 is 6.03 Å². The maximum absolute atomic E-state index is 14.0. The minimum Gasteiger partial charge on any atom is -0.308 e. The summed E-state index contributed by atoms with van der Waals surface area (Å²) in [5.41, 5.74) is 4.49. The van der Waals surface area contributed by atoms with Crippen LogP contribution in [-0.2, 0) is 16.2 Å². The first-order valence-electron chi connectivity index (χ1n) is 10.4. The Hall–Kier alpha value is -2.96. The number of fused-ring (bicyclic) bond motifs is 2. The van der Waals surface area contributed by atoms with Crippen LogP contribution in [0.15, 0.2) is 72.8 Å². The molecule has 1 N–H and O–H groups in total. The fourth-order valence-corrected chi connectivity index (χ4v) is 5.95. The number of nitrogens with one attached hydrogen (secondary N) is 1. The van der Waals surface area contributed by atoms with Crippen LogP contribution in [0.2, 0.25) is 5.02 Å². The second-order valence-corrected chi connectivity index (χ2v) is 9.70. The predicted molar refractivity (Wildman–Crippen MR) is 130 cm³/mol. The smallest absolute Gasteiger partial charge is 0.308 e. The van der Waals surface area contributed by atoms with Gasteiger partial charge in [-0.3, -0.25) is 9.69 Å². The van der Waals surface area contributed by atoms with E-state index in [1.165, 1.54) is 11.8 Å². The van der Waals surface area contributed by atoms with Crippen LogP contribution in [0.25, 0.3) is 0 Å². The molecule has 1 unspecified atom stereocenters. The highest BCUT2D eigenvalue weighted by molar-refractivity contribution is 8.01. The summed E-state index contributed by atoms with van der Waals surface area (Å²) in [5, 5.41) is 3.54. The quantitative estimate of drug-likeness (QED) is 0.547. The molecule has 1 spiro atoms. The van der Waals surface area contributed by atoms with Gasteiger partial charge in [0.2, 0.25) is 0 Å². The number of hydrogen-bond donors (Lipinski definition) is 1. The van der Waals surface area contributed by atoms with Crippen LogP contribution in [0, 0.1) is 6.92 Å². The van der Waals surface area contributed by atoms with E-state index in [9.17, 15) is 9.59 Å². The van der Waals surface area contributed by atoms with E-state index in [4.69, 9.17) is 11.6 Å². The zero-order valence-electron chi connectivity index (χ0n) is 17.5. The lowest BCUT2D eigenvalue weighted by Gasteiger charge is -2.33. The molecule has 3 amide bonds. The zero-order valence-corrected chi connectivity index (χ0v) is 19.1. The summed E-state index contributed by atoms with van der Waals surface area (Å²) in [4.78, 5) is 29.8. The monoisotopic (exact) mass is 463 g/mol. The van der Waals surface area contributed by atoms with Crippen LogP contribution in [0.1, 0.15) is 16.7 Å². The molecule has 0 bridgehead atoms. The van der Waals surface area contributed by atoms with Gasteiger partial charge in [-0.05, 0) is 42.8 Å². The number of thioether (sulfide) groups is 1. The Balaban J connectivity index is 1.53. The molecule has 0 aliphatic carbocycles. The van der Waals surface area contributed by atoms with E-state index in [1.54, 1.807) is 29.2 Å². The first kappa shape index (κ1) is 20.9. The predicted octanol–water partition coefficient (Wildman–Crippen LogP) is 5.63. The van der Waals surface area contributed by atoms with E-state index < -0.39 is 4.87 Å². The van der Waals surface area contributed by atoms with Crippen LogP contribution < -0.4 is 10.2 Å². The Morgan fingerprint density at radius 1 is 1.09 bits per heavy atom. The van der Waals surface area contributed by atoms with Gasteiger partial charge in [0.15, 0.2) is 4.87 Å². The maximum Gasteiger partial charge on any atom is 0.323 e. The summed E-state index contributed by atoms with van der Waals surface area (Å²) in [5.74, 6) is 0.613. The van der Waals surface area contributed by atoms with E-state index >= 15 is 0 Å². The van der Waals surface area contributed by atoms with Gasteiger partial charge in [0.1, 0.15) is 0 Å². The second kappa shape index (κ2) is 8.19. The molecule has 5 rings (SSSR count). The zero-order chi connectivity index (χ0) is 22.3. The number of carbonyl (C=O) groups excluding carboxylic acids is 2. The number of anilines is 2. The fourth-order valence-electron chi connectivity index (χ4n) is 4.38. The molecule has 2 heterocycles. The fraction of sp³-hybridized carbons (Fsp3) is 0.200. The molecule has 1 fully saturated rings. The second-order valence-electron chi connectivity index (χ2n) is 7.98. The number of halogens is 1. The number of amides is 3. The van der Waals surface area contributed by atoms with E-state index in [-0.39, 0.29) is 11.9 Å². The SMILES string of the molecule is Cc1ccc2c(c1)C1(SCCN1C(=O)Nc1ccc(Cl)cc1)C(=O)N2Cc1ccccc1. The van der Waals surface area contributed by atoms with Crippen molar-refractivity contribution in [1.82, 2.24) is 4.90 Å². The third-order valence-corrected chi connectivity index (χ3v) is 7.54. The van der Waals surface area contributed by atoms with Crippen LogP contribution >= 0.6 is 23.4 Å². The molecule has 3 aromatic rings. The number of urea groups is 1. The minimum atomic E-state index is -1.06. The summed E-state index contributed by atoms with van der Waals surface area (Å²) < 4.78 is 0. The van der Waals surface area contributed by atoms with Crippen molar-refractivity contribution in [3.8, 4) is 0 Å². The average Bonchev–Trinajstić information content (AvgIpc) is 3.33. The van der Waals surface area contributed by atoms with Gasteiger partial charge in [0, 0.05) is 28.6 Å². The summed E-state index contributed by atoms with van der Waals surface area (Å²) >= 11 is 7.50. The van der Waals surface area contributed by atoms with Crippen molar-refractivity contribution in [2.24, 2.45) is 0 Å². The number of carbonyl (C=O) groups is 2. The van der Waals surface area contributed by atoms with Gasteiger partial charge in [0.25, 0.3) is 5.91 Å². The Morgan fingerprint density at radius 2 is 1.84 bits per heavy atom. The lowest BCUT2D eigenvalue weighted by Crippen LogP contribution is -2.51. The van der Waals surface area contributed by atoms with Gasteiger partial charge in [-0.15, -0.1) is 11.8 Å². The van der Waals surface area contributed by atoms with Crippen molar-refractivity contribution in [1.29, 1.82) is 0 Å². The van der Waals surface area contributed by atoms with Gasteiger partial charge in [-0.2, -0.15) is 0 Å². The number of aryl methyl sites for hydroxylation is 1. The molecule has 0 saturated carbocycles. The Bertz CT molecular complexity index is 1190. The van der Waals surface area contributed by atoms with Crippen molar-refractivity contribution >= 4 is 46.7 Å². The number of rotatable bonds is 3. The molecule has 5 nitrogen and oxygen atoms in total. The maximum atomic E-state index is 14.0. The van der Waals surface area contributed by atoms with Crippen molar-refractivity contribution in [2.45, 2.75) is 18.3 Å². The molecule has 1 saturated heterocycles. The van der Waals surface area contributed by atoms with Crippen LogP contribution in [-0.4, -0.2) is 29.1 Å². The Labute approximate surface area is 196 Å². The molecule has 7 heteroatoms. The van der Waals surface area contributed by atoms with Gasteiger partial charge in [-0.25, -0.2) is 4.79 Å². The number of hydrogen-bond acceptors (Lipinski definition) is 3. The molecule has 162 valence electrons. The standard InChI is InChI=1S/C25H22ClN3O2S/c1-17-7-12-22-21(15-17)25(23(30)28(22)16-18-5-3-2-4-6-18)29(13-14-32-25)24(31)27-20-10-8-19(26)9-11-20/h2-12,15H,13-14,16H2,1H3,(H,27,31). The molecule has 3 aromatic carbocycles. The lowest BCUT2D eigenvalue weighted by molar-refractivity contribution is -0.123. The Morgan fingerprint density at radius 3 is 2.59 bits per heavy atom. The Kier molecular flexibility index (Phi) is 5.35. The highest BCUT2D eigenvalue weighted by atomic mass is 35.5. The average molecular weight is 464 g/mol. The third-order valence-electron chi connectivity index (χ3n) is 5.87. The third kappa shape index (κ3) is 3.44. The molecular weight excluding hydrogens is 442 g/mol. The van der Waals surface area contributed by atoms with Crippen molar-refractivity contribution in [3.63, 3.8) is 0 Å². The van der Waals surface area contributed by atoms with Crippen molar-refractivity contribution in [3.05, 3.63) is 94.5 Å². The normalized spacial score (nSPS) is 19.5. The molecule has 0 radical (unpaired) electrons. The lowest BCUT2D eigenvalue weighted by atomic mass is 10.0. The summed E-state index contributed by atoms with van der Waals surface area (Å²) in [6.45, 7) is 2.96. The topological polar surface area (TPSA) is 52.7 Å². The first-order chi connectivity index (χ1) is 15.5. The molecule has 0 aromatic heterocycles. The molecular formula is C25H22ClN3O2S. The van der Waals surface area contributed by atoms with Crippen LogP contribution in [0.5, 0.6) is 0 Å². The van der Waals surface area contributed by atoms with Crippen LogP contribution in [0.3, 0.4) is 0 Å². The largest absolute Gasteiger partial charge is 0.323 e. The summed E-state index contributed by atoms with van der Waals surface area (Å²) in [6.07, 6.45) is 0. The first-order valence-corrected chi connectivity index (χ1v) is 11.8. The van der Waals surface area contributed by atoms with Crippen molar-refractivity contribution in [2.75, 3.05) is 22.5 Å². The molecule has 2 aliphatic heterocycles. The highest BCUT2D eigenvalue weighted by Crippen LogP contribution is 2.54. The number of nitrogens with zero attached hydrogens (tertiary/aromatic N) is 2. The van der Waals surface area contributed by atoms with Gasteiger partial charge in [-0.1, -0.05) is 59.6 Å². The molecule has 1 atom stereocenters. The van der Waals surface area contributed by atoms with E-state index in [0.717, 1.165) is 22.4 Å². The van der Waals surface area contributed by atoms with E-state index in [1.807, 2.05) is 60.4 Å².